The normalized spacial score (nSPS) is 44.2. The Labute approximate surface area is 119 Å². The molecule has 19 heavy (non-hydrogen) atoms. The van der Waals surface area contributed by atoms with Crippen molar-refractivity contribution in [1.29, 1.82) is 0 Å². The van der Waals surface area contributed by atoms with Crippen molar-refractivity contribution in [3.05, 3.63) is 0 Å². The van der Waals surface area contributed by atoms with E-state index >= 15 is 0 Å². The van der Waals surface area contributed by atoms with Crippen molar-refractivity contribution in [3.8, 4) is 0 Å². The van der Waals surface area contributed by atoms with Crippen LogP contribution in [0.2, 0.25) is 0 Å². The molecule has 0 amide bonds. The highest BCUT2D eigenvalue weighted by Gasteiger charge is 2.33. The topological polar surface area (TPSA) is 32.3 Å². The van der Waals surface area contributed by atoms with E-state index in [1.807, 2.05) is 0 Å². The summed E-state index contributed by atoms with van der Waals surface area (Å²) in [5.41, 5.74) is -0.421. The third-order valence-corrected chi connectivity index (χ3v) is 5.51. The lowest BCUT2D eigenvalue weighted by atomic mass is 9.77. The highest BCUT2D eigenvalue weighted by Crippen LogP contribution is 2.34. The Balaban J connectivity index is 1.75. The van der Waals surface area contributed by atoms with Gasteiger partial charge in [0.05, 0.1) is 5.60 Å². The largest absolute Gasteiger partial charge is 0.389 e. The van der Waals surface area contributed by atoms with Gasteiger partial charge >= 0.3 is 0 Å². The molecule has 0 aromatic heterocycles. The summed E-state index contributed by atoms with van der Waals surface area (Å²) in [6.45, 7) is 7.82. The molecular weight excluding hydrogens is 234 g/mol. The molecule has 0 aromatic rings. The lowest BCUT2D eigenvalue weighted by Gasteiger charge is -2.39. The van der Waals surface area contributed by atoms with Gasteiger partial charge in [0.1, 0.15) is 0 Å². The standard InChI is InChI=1S/C17H33NO/c1-4-15-5-7-17(19,8-6-15)12-18-16-10-13(2)9-14(3)11-16/h13-16,18-19H,4-12H2,1-3H3. The number of hydrogen-bond donors (Lipinski definition) is 2. The van der Waals surface area contributed by atoms with Crippen molar-refractivity contribution in [2.24, 2.45) is 17.8 Å². The maximum atomic E-state index is 10.7. The van der Waals surface area contributed by atoms with Crippen LogP contribution >= 0.6 is 0 Å². The maximum Gasteiger partial charge on any atom is 0.0771 e. The van der Waals surface area contributed by atoms with E-state index in [-0.39, 0.29) is 0 Å². The van der Waals surface area contributed by atoms with Gasteiger partial charge in [0.25, 0.3) is 0 Å². The molecule has 0 saturated heterocycles. The number of rotatable bonds is 4. The molecule has 2 aliphatic rings. The molecule has 0 aromatic carbocycles. The average Bonchev–Trinajstić information content (AvgIpc) is 2.37. The van der Waals surface area contributed by atoms with Crippen LogP contribution in [0.15, 0.2) is 0 Å². The first kappa shape index (κ1) is 15.3. The Hall–Kier alpha value is -0.0800. The molecule has 2 fully saturated rings. The molecule has 112 valence electrons. The van der Waals surface area contributed by atoms with Crippen molar-refractivity contribution >= 4 is 0 Å². The van der Waals surface area contributed by atoms with Crippen LogP contribution in [0.3, 0.4) is 0 Å². The first-order chi connectivity index (χ1) is 9.00. The SMILES string of the molecule is CCC1CCC(O)(CNC2CC(C)CC(C)C2)CC1. The quantitative estimate of drug-likeness (QED) is 0.813. The highest BCUT2D eigenvalue weighted by atomic mass is 16.3. The van der Waals surface area contributed by atoms with Gasteiger partial charge in [0.15, 0.2) is 0 Å². The second-order valence-corrected chi connectivity index (χ2v) is 7.57. The van der Waals surface area contributed by atoms with Crippen LogP contribution in [0, 0.1) is 17.8 Å². The maximum absolute atomic E-state index is 10.7. The Morgan fingerprint density at radius 1 is 1.05 bits per heavy atom. The molecule has 2 N–H and O–H groups in total. The molecule has 0 radical (unpaired) electrons. The van der Waals surface area contributed by atoms with E-state index < -0.39 is 5.60 Å². The predicted octanol–water partition coefficient (Wildman–Crippen LogP) is 3.73. The van der Waals surface area contributed by atoms with Crippen LogP contribution in [-0.2, 0) is 0 Å². The predicted molar refractivity (Wildman–Crippen MR) is 81.2 cm³/mol. The molecule has 2 saturated carbocycles. The summed E-state index contributed by atoms with van der Waals surface area (Å²) in [5.74, 6) is 2.54. The molecule has 0 bridgehead atoms. The van der Waals surface area contributed by atoms with Gasteiger partial charge in [0.2, 0.25) is 0 Å². The first-order valence-electron chi connectivity index (χ1n) is 8.46. The second-order valence-electron chi connectivity index (χ2n) is 7.57. The second kappa shape index (κ2) is 6.58. The minimum Gasteiger partial charge on any atom is -0.389 e. The summed E-state index contributed by atoms with van der Waals surface area (Å²) in [4.78, 5) is 0. The Morgan fingerprint density at radius 3 is 2.16 bits per heavy atom. The van der Waals surface area contributed by atoms with Gasteiger partial charge in [-0.05, 0) is 62.7 Å². The zero-order chi connectivity index (χ0) is 13.9. The molecule has 2 rings (SSSR count). The van der Waals surface area contributed by atoms with E-state index in [9.17, 15) is 5.11 Å². The summed E-state index contributed by atoms with van der Waals surface area (Å²) >= 11 is 0. The number of aliphatic hydroxyl groups is 1. The fourth-order valence-corrected chi connectivity index (χ4v) is 4.25. The van der Waals surface area contributed by atoms with Gasteiger partial charge in [-0.2, -0.15) is 0 Å². The first-order valence-corrected chi connectivity index (χ1v) is 8.46. The van der Waals surface area contributed by atoms with Crippen molar-refractivity contribution in [3.63, 3.8) is 0 Å². The minimum absolute atomic E-state index is 0.421. The van der Waals surface area contributed by atoms with Crippen LogP contribution in [0.5, 0.6) is 0 Å². The van der Waals surface area contributed by atoms with E-state index in [1.54, 1.807) is 0 Å². The fraction of sp³-hybridized carbons (Fsp3) is 1.00. The van der Waals surface area contributed by atoms with Crippen molar-refractivity contribution in [2.45, 2.75) is 83.8 Å². The van der Waals surface area contributed by atoms with Crippen LogP contribution in [-0.4, -0.2) is 23.3 Å². The summed E-state index contributed by atoms with van der Waals surface area (Å²) in [6, 6.07) is 0.631. The van der Waals surface area contributed by atoms with Gasteiger partial charge in [-0.3, -0.25) is 0 Å². The van der Waals surface area contributed by atoms with E-state index in [1.165, 1.54) is 38.5 Å². The molecule has 2 heteroatoms. The van der Waals surface area contributed by atoms with Gasteiger partial charge in [-0.15, -0.1) is 0 Å². The number of nitrogens with one attached hydrogen (secondary N) is 1. The summed E-state index contributed by atoms with van der Waals surface area (Å²) < 4.78 is 0. The van der Waals surface area contributed by atoms with E-state index in [0.29, 0.717) is 6.04 Å². The smallest absolute Gasteiger partial charge is 0.0771 e. The monoisotopic (exact) mass is 267 g/mol. The zero-order valence-electron chi connectivity index (χ0n) is 13.1. The van der Waals surface area contributed by atoms with Crippen LogP contribution in [0.1, 0.15) is 72.1 Å². The van der Waals surface area contributed by atoms with Crippen molar-refractivity contribution in [2.75, 3.05) is 6.54 Å². The minimum atomic E-state index is -0.421. The van der Waals surface area contributed by atoms with Crippen molar-refractivity contribution in [1.82, 2.24) is 5.32 Å². The van der Waals surface area contributed by atoms with Gasteiger partial charge in [-0.25, -0.2) is 0 Å². The molecular formula is C17H33NO. The third-order valence-electron chi connectivity index (χ3n) is 5.51. The molecule has 0 heterocycles. The van der Waals surface area contributed by atoms with Gasteiger partial charge < -0.3 is 10.4 Å². The highest BCUT2D eigenvalue weighted by molar-refractivity contribution is 4.89. The molecule has 0 aliphatic heterocycles. The third kappa shape index (κ3) is 4.46. The fourth-order valence-electron chi connectivity index (χ4n) is 4.25. The summed E-state index contributed by atoms with van der Waals surface area (Å²) in [6.07, 6.45) is 9.66. The molecule has 2 atom stereocenters. The van der Waals surface area contributed by atoms with E-state index in [2.05, 4.69) is 26.1 Å². The molecule has 2 unspecified atom stereocenters. The zero-order valence-corrected chi connectivity index (χ0v) is 13.1. The summed E-state index contributed by atoms with van der Waals surface area (Å²) in [5, 5.41) is 14.4. The number of hydrogen-bond acceptors (Lipinski definition) is 2. The van der Waals surface area contributed by atoms with Crippen LogP contribution in [0.25, 0.3) is 0 Å². The van der Waals surface area contributed by atoms with Gasteiger partial charge in [0, 0.05) is 12.6 Å². The molecule has 2 nitrogen and oxygen atoms in total. The molecule has 0 spiro atoms. The Morgan fingerprint density at radius 2 is 1.63 bits per heavy atom. The Bertz CT molecular complexity index is 260. The van der Waals surface area contributed by atoms with E-state index in [0.717, 1.165) is 37.1 Å². The average molecular weight is 267 g/mol. The van der Waals surface area contributed by atoms with Gasteiger partial charge in [-0.1, -0.05) is 27.2 Å². The van der Waals surface area contributed by atoms with Crippen LogP contribution in [0.4, 0.5) is 0 Å². The summed E-state index contributed by atoms with van der Waals surface area (Å²) in [7, 11) is 0. The lowest BCUT2D eigenvalue weighted by molar-refractivity contribution is -0.0126. The van der Waals surface area contributed by atoms with Crippen LogP contribution < -0.4 is 5.32 Å². The molecule has 2 aliphatic carbocycles. The lowest BCUT2D eigenvalue weighted by Crippen LogP contribution is -2.48. The van der Waals surface area contributed by atoms with E-state index in [4.69, 9.17) is 0 Å². The van der Waals surface area contributed by atoms with Crippen molar-refractivity contribution < 1.29 is 5.11 Å². The Kier molecular flexibility index (Phi) is 5.30.